The third-order valence-corrected chi connectivity index (χ3v) is 2.98. The standard InChI is InChI=1S/C11H21N/c1-9(2)7-10-5-3-4-6-11(10)8-12/h10-11H,1,3-8,12H2,2H3. The van der Waals surface area contributed by atoms with Crippen LogP contribution in [0.1, 0.15) is 39.0 Å². The van der Waals surface area contributed by atoms with E-state index in [4.69, 9.17) is 5.73 Å². The van der Waals surface area contributed by atoms with Crippen LogP contribution in [0.2, 0.25) is 0 Å². The van der Waals surface area contributed by atoms with E-state index < -0.39 is 0 Å². The first kappa shape index (κ1) is 9.79. The monoisotopic (exact) mass is 167 g/mol. The Kier molecular flexibility index (Phi) is 3.80. The number of hydrogen-bond donors (Lipinski definition) is 1. The molecule has 0 heterocycles. The molecule has 1 aliphatic rings. The lowest BCUT2D eigenvalue weighted by atomic mass is 9.76. The lowest BCUT2D eigenvalue weighted by Crippen LogP contribution is -2.26. The molecule has 0 bridgehead atoms. The van der Waals surface area contributed by atoms with Gasteiger partial charge in [0.2, 0.25) is 0 Å². The Morgan fingerprint density at radius 3 is 2.42 bits per heavy atom. The second kappa shape index (κ2) is 4.66. The van der Waals surface area contributed by atoms with Crippen molar-refractivity contribution in [2.75, 3.05) is 6.54 Å². The van der Waals surface area contributed by atoms with Crippen LogP contribution in [0.3, 0.4) is 0 Å². The zero-order valence-corrected chi connectivity index (χ0v) is 8.18. The Bertz CT molecular complexity index is 151. The SMILES string of the molecule is C=C(C)CC1CCCCC1CN. The second-order valence-electron chi connectivity index (χ2n) is 4.20. The van der Waals surface area contributed by atoms with E-state index in [2.05, 4.69) is 13.5 Å². The van der Waals surface area contributed by atoms with E-state index >= 15 is 0 Å². The molecule has 12 heavy (non-hydrogen) atoms. The topological polar surface area (TPSA) is 26.0 Å². The van der Waals surface area contributed by atoms with Crippen LogP contribution in [0, 0.1) is 11.8 Å². The van der Waals surface area contributed by atoms with Crippen LogP contribution in [-0.2, 0) is 0 Å². The molecule has 1 rings (SSSR count). The van der Waals surface area contributed by atoms with Crippen molar-refractivity contribution in [3.05, 3.63) is 12.2 Å². The molecule has 0 aromatic rings. The van der Waals surface area contributed by atoms with Crippen molar-refractivity contribution < 1.29 is 0 Å². The molecule has 0 radical (unpaired) electrons. The molecule has 1 saturated carbocycles. The van der Waals surface area contributed by atoms with Crippen LogP contribution in [0.15, 0.2) is 12.2 Å². The van der Waals surface area contributed by atoms with Crippen molar-refractivity contribution in [3.8, 4) is 0 Å². The quantitative estimate of drug-likeness (QED) is 0.643. The summed E-state index contributed by atoms with van der Waals surface area (Å²) in [4.78, 5) is 0. The molecule has 0 amide bonds. The predicted molar refractivity (Wildman–Crippen MR) is 53.9 cm³/mol. The van der Waals surface area contributed by atoms with E-state index in [1.807, 2.05) is 0 Å². The van der Waals surface area contributed by atoms with Gasteiger partial charge in [0.05, 0.1) is 0 Å². The maximum atomic E-state index is 5.74. The van der Waals surface area contributed by atoms with Gasteiger partial charge >= 0.3 is 0 Å². The minimum absolute atomic E-state index is 0.774. The van der Waals surface area contributed by atoms with Gasteiger partial charge in [-0.05, 0) is 44.6 Å². The van der Waals surface area contributed by atoms with Gasteiger partial charge < -0.3 is 5.73 Å². The van der Waals surface area contributed by atoms with Gasteiger partial charge in [0.25, 0.3) is 0 Å². The Balaban J connectivity index is 2.41. The maximum absolute atomic E-state index is 5.74. The van der Waals surface area contributed by atoms with Gasteiger partial charge in [-0.25, -0.2) is 0 Å². The summed E-state index contributed by atoms with van der Waals surface area (Å²) in [6.45, 7) is 6.98. The molecule has 0 aromatic carbocycles. The highest BCUT2D eigenvalue weighted by molar-refractivity contribution is 4.93. The molecule has 2 atom stereocenters. The first-order chi connectivity index (χ1) is 5.74. The molecule has 1 fully saturated rings. The van der Waals surface area contributed by atoms with Gasteiger partial charge in [-0.1, -0.05) is 18.4 Å². The highest BCUT2D eigenvalue weighted by Crippen LogP contribution is 2.33. The van der Waals surface area contributed by atoms with E-state index in [1.165, 1.54) is 37.7 Å². The zero-order chi connectivity index (χ0) is 8.97. The van der Waals surface area contributed by atoms with Gasteiger partial charge in [0.1, 0.15) is 0 Å². The Morgan fingerprint density at radius 1 is 1.33 bits per heavy atom. The predicted octanol–water partition coefficient (Wildman–Crippen LogP) is 2.72. The molecule has 70 valence electrons. The van der Waals surface area contributed by atoms with Crippen molar-refractivity contribution in [2.45, 2.75) is 39.0 Å². The van der Waals surface area contributed by atoms with Crippen LogP contribution in [0.25, 0.3) is 0 Å². The minimum atomic E-state index is 0.774. The third kappa shape index (κ3) is 2.63. The van der Waals surface area contributed by atoms with Crippen molar-refractivity contribution in [1.29, 1.82) is 0 Å². The Morgan fingerprint density at radius 2 is 1.92 bits per heavy atom. The summed E-state index contributed by atoms with van der Waals surface area (Å²) in [6, 6.07) is 0. The van der Waals surface area contributed by atoms with Gasteiger partial charge in [0, 0.05) is 0 Å². The van der Waals surface area contributed by atoms with Gasteiger partial charge in [-0.15, -0.1) is 6.58 Å². The molecule has 0 aromatic heterocycles. The summed E-state index contributed by atoms with van der Waals surface area (Å²) >= 11 is 0. The molecule has 0 saturated heterocycles. The summed E-state index contributed by atoms with van der Waals surface area (Å²) in [5.41, 5.74) is 7.06. The van der Waals surface area contributed by atoms with Crippen LogP contribution in [0.4, 0.5) is 0 Å². The van der Waals surface area contributed by atoms with Crippen LogP contribution >= 0.6 is 0 Å². The van der Waals surface area contributed by atoms with Gasteiger partial charge in [-0.3, -0.25) is 0 Å². The van der Waals surface area contributed by atoms with Crippen LogP contribution < -0.4 is 5.73 Å². The molecular weight excluding hydrogens is 146 g/mol. The van der Waals surface area contributed by atoms with Crippen LogP contribution in [-0.4, -0.2) is 6.54 Å². The lowest BCUT2D eigenvalue weighted by molar-refractivity contribution is 0.242. The van der Waals surface area contributed by atoms with E-state index in [1.54, 1.807) is 0 Å². The molecule has 0 spiro atoms. The number of allylic oxidation sites excluding steroid dienone is 1. The van der Waals surface area contributed by atoms with Crippen molar-refractivity contribution in [2.24, 2.45) is 17.6 Å². The van der Waals surface area contributed by atoms with Gasteiger partial charge in [-0.2, -0.15) is 0 Å². The van der Waals surface area contributed by atoms with E-state index in [0.717, 1.165) is 18.4 Å². The number of hydrogen-bond acceptors (Lipinski definition) is 1. The molecule has 1 nitrogen and oxygen atoms in total. The zero-order valence-electron chi connectivity index (χ0n) is 8.18. The highest BCUT2D eigenvalue weighted by Gasteiger charge is 2.23. The maximum Gasteiger partial charge on any atom is -0.00461 e. The molecule has 2 unspecified atom stereocenters. The molecule has 0 aliphatic heterocycles. The summed E-state index contributed by atoms with van der Waals surface area (Å²) in [5, 5.41) is 0. The summed E-state index contributed by atoms with van der Waals surface area (Å²) in [7, 11) is 0. The lowest BCUT2D eigenvalue weighted by Gasteiger charge is -2.30. The largest absolute Gasteiger partial charge is 0.330 e. The first-order valence-corrected chi connectivity index (χ1v) is 5.08. The summed E-state index contributed by atoms with van der Waals surface area (Å²) in [5.74, 6) is 1.61. The summed E-state index contributed by atoms with van der Waals surface area (Å²) < 4.78 is 0. The fourth-order valence-corrected chi connectivity index (χ4v) is 2.31. The number of nitrogens with two attached hydrogens (primary N) is 1. The van der Waals surface area contributed by atoms with Crippen molar-refractivity contribution in [3.63, 3.8) is 0 Å². The number of rotatable bonds is 3. The molecule has 1 aliphatic carbocycles. The molecular formula is C11H21N. The Labute approximate surface area is 76.0 Å². The fourth-order valence-electron chi connectivity index (χ4n) is 2.31. The van der Waals surface area contributed by atoms with Gasteiger partial charge in [0.15, 0.2) is 0 Å². The van der Waals surface area contributed by atoms with Crippen molar-refractivity contribution in [1.82, 2.24) is 0 Å². The van der Waals surface area contributed by atoms with E-state index in [9.17, 15) is 0 Å². The summed E-state index contributed by atoms with van der Waals surface area (Å²) in [6.07, 6.45) is 6.69. The second-order valence-corrected chi connectivity index (χ2v) is 4.20. The first-order valence-electron chi connectivity index (χ1n) is 5.08. The minimum Gasteiger partial charge on any atom is -0.330 e. The smallest absolute Gasteiger partial charge is 0.00461 e. The van der Waals surface area contributed by atoms with E-state index in [0.29, 0.717) is 0 Å². The molecule has 2 N–H and O–H groups in total. The third-order valence-electron chi connectivity index (χ3n) is 2.98. The van der Waals surface area contributed by atoms with Crippen LogP contribution in [0.5, 0.6) is 0 Å². The fraction of sp³-hybridized carbons (Fsp3) is 0.818. The Hall–Kier alpha value is -0.300. The van der Waals surface area contributed by atoms with E-state index in [-0.39, 0.29) is 0 Å². The normalized spacial score (nSPS) is 30.2. The van der Waals surface area contributed by atoms with Crippen molar-refractivity contribution >= 4 is 0 Å². The molecule has 1 heteroatoms. The average Bonchev–Trinajstić information content (AvgIpc) is 2.04. The average molecular weight is 167 g/mol. The highest BCUT2D eigenvalue weighted by atomic mass is 14.6.